The molecule has 1 unspecified atom stereocenters. The van der Waals surface area contributed by atoms with Crippen molar-refractivity contribution in [3.8, 4) is 0 Å². The predicted molar refractivity (Wildman–Crippen MR) is 93.9 cm³/mol. The molecule has 1 amide bonds. The normalized spacial score (nSPS) is 19.7. The summed E-state index contributed by atoms with van der Waals surface area (Å²) in [5, 5.41) is 7.27. The topological polar surface area (TPSA) is 49.0 Å². The lowest BCUT2D eigenvalue weighted by atomic mass is 9.61. The van der Waals surface area contributed by atoms with Gasteiger partial charge in [-0.15, -0.1) is 0 Å². The Morgan fingerprint density at radius 1 is 1.29 bits per heavy atom. The van der Waals surface area contributed by atoms with Crippen LogP contribution in [0, 0.1) is 13.8 Å². The number of rotatable bonds is 2. The molecule has 0 saturated heterocycles. The first-order valence-electron chi connectivity index (χ1n) is 8.90. The minimum atomic E-state index is -0.147. The van der Waals surface area contributed by atoms with E-state index in [4.69, 9.17) is 0 Å². The number of amides is 1. The quantitative estimate of drug-likeness (QED) is 0.918. The maximum atomic E-state index is 13.2. The summed E-state index contributed by atoms with van der Waals surface area (Å²) in [6.07, 6.45) is 3.67. The van der Waals surface area contributed by atoms with E-state index in [0.717, 1.165) is 30.0 Å². The van der Waals surface area contributed by atoms with E-state index in [-0.39, 0.29) is 17.2 Å². The molecule has 4 rings (SSSR count). The van der Waals surface area contributed by atoms with Crippen molar-refractivity contribution < 1.29 is 4.79 Å². The van der Waals surface area contributed by atoms with Crippen molar-refractivity contribution in [2.75, 3.05) is 6.54 Å². The van der Waals surface area contributed by atoms with Crippen LogP contribution in [0.1, 0.15) is 60.2 Å². The zero-order chi connectivity index (χ0) is 16.9. The minimum Gasteiger partial charge on any atom is -0.337 e. The molecule has 2 heterocycles. The summed E-state index contributed by atoms with van der Waals surface area (Å²) in [5.74, 6) is 0.0783. The highest BCUT2D eigenvalue weighted by atomic mass is 16.2. The van der Waals surface area contributed by atoms with Gasteiger partial charge in [0.15, 0.2) is 0 Å². The second-order valence-corrected chi connectivity index (χ2v) is 7.55. The fraction of sp³-hybridized carbons (Fsp3) is 0.500. The molecule has 1 N–H and O–H groups in total. The van der Waals surface area contributed by atoms with Crippen LogP contribution in [0.3, 0.4) is 0 Å². The van der Waals surface area contributed by atoms with Crippen LogP contribution in [0.25, 0.3) is 0 Å². The van der Waals surface area contributed by atoms with Gasteiger partial charge in [0.1, 0.15) is 0 Å². The summed E-state index contributed by atoms with van der Waals surface area (Å²) in [6, 6.07) is 8.68. The lowest BCUT2D eigenvalue weighted by Gasteiger charge is -2.50. The molecule has 1 aliphatic heterocycles. The number of H-pyrrole nitrogens is 1. The summed E-state index contributed by atoms with van der Waals surface area (Å²) in [7, 11) is 0. The highest BCUT2D eigenvalue weighted by Crippen LogP contribution is 2.48. The third-order valence-corrected chi connectivity index (χ3v) is 6.05. The number of hydrogen-bond acceptors (Lipinski definition) is 2. The minimum absolute atomic E-state index is 0.147. The molecule has 1 aromatic carbocycles. The fourth-order valence-corrected chi connectivity index (χ4v) is 4.67. The van der Waals surface area contributed by atoms with Crippen LogP contribution in [0.15, 0.2) is 24.3 Å². The van der Waals surface area contributed by atoms with Crippen LogP contribution >= 0.6 is 0 Å². The smallest absolute Gasteiger partial charge is 0.230 e. The van der Waals surface area contributed by atoms with E-state index in [1.807, 2.05) is 20.8 Å². The third-order valence-electron chi connectivity index (χ3n) is 6.05. The Balaban J connectivity index is 1.65. The number of fused-ring (bicyclic) bond motifs is 2. The van der Waals surface area contributed by atoms with E-state index in [1.54, 1.807) is 0 Å². The van der Waals surface area contributed by atoms with Gasteiger partial charge in [0, 0.05) is 29.8 Å². The van der Waals surface area contributed by atoms with Crippen LogP contribution in [0.2, 0.25) is 0 Å². The zero-order valence-electron chi connectivity index (χ0n) is 14.7. The van der Waals surface area contributed by atoms with Gasteiger partial charge in [0.05, 0.1) is 11.6 Å². The van der Waals surface area contributed by atoms with Crippen molar-refractivity contribution >= 4 is 5.91 Å². The molecule has 1 spiro atoms. The molecular formula is C20H25N3O. The number of carbonyl (C=O) groups is 1. The van der Waals surface area contributed by atoms with Gasteiger partial charge in [-0.1, -0.05) is 30.7 Å². The molecule has 1 saturated carbocycles. The molecule has 2 aliphatic rings. The molecule has 4 nitrogen and oxygen atoms in total. The first-order valence-corrected chi connectivity index (χ1v) is 8.90. The Hall–Kier alpha value is -2.10. The summed E-state index contributed by atoms with van der Waals surface area (Å²) < 4.78 is 0. The van der Waals surface area contributed by atoms with Crippen molar-refractivity contribution in [2.24, 2.45) is 0 Å². The van der Waals surface area contributed by atoms with E-state index in [9.17, 15) is 4.79 Å². The Labute approximate surface area is 143 Å². The second kappa shape index (κ2) is 5.47. The van der Waals surface area contributed by atoms with Gasteiger partial charge in [-0.05, 0) is 44.7 Å². The second-order valence-electron chi connectivity index (χ2n) is 7.55. The summed E-state index contributed by atoms with van der Waals surface area (Å²) in [5.41, 5.74) is 5.99. The van der Waals surface area contributed by atoms with Crippen molar-refractivity contribution in [3.63, 3.8) is 0 Å². The van der Waals surface area contributed by atoms with Crippen molar-refractivity contribution in [1.82, 2.24) is 15.1 Å². The number of aryl methyl sites for hydroxylation is 2. The van der Waals surface area contributed by atoms with Gasteiger partial charge in [-0.3, -0.25) is 9.89 Å². The molecule has 1 atom stereocenters. The van der Waals surface area contributed by atoms with Crippen LogP contribution in [0.5, 0.6) is 0 Å². The summed E-state index contributed by atoms with van der Waals surface area (Å²) in [6.45, 7) is 7.58. The Kier molecular flexibility index (Phi) is 3.52. The highest BCUT2D eigenvalue weighted by molar-refractivity contribution is 5.84. The Bertz CT molecular complexity index is 768. The average Bonchev–Trinajstić information content (AvgIpc) is 2.89. The largest absolute Gasteiger partial charge is 0.337 e. The fourth-order valence-electron chi connectivity index (χ4n) is 4.67. The molecule has 24 heavy (non-hydrogen) atoms. The van der Waals surface area contributed by atoms with Gasteiger partial charge in [-0.2, -0.15) is 5.10 Å². The molecule has 126 valence electrons. The van der Waals surface area contributed by atoms with Gasteiger partial charge in [-0.25, -0.2) is 0 Å². The molecule has 4 heteroatoms. The molecule has 1 aromatic heterocycles. The highest BCUT2D eigenvalue weighted by Gasteiger charge is 2.45. The van der Waals surface area contributed by atoms with E-state index in [2.05, 4.69) is 39.4 Å². The van der Waals surface area contributed by atoms with E-state index in [1.165, 1.54) is 30.4 Å². The molecule has 0 radical (unpaired) electrons. The molecule has 0 bridgehead atoms. The van der Waals surface area contributed by atoms with Crippen molar-refractivity contribution in [1.29, 1.82) is 0 Å². The number of aromatic amines is 1. The van der Waals surface area contributed by atoms with E-state index >= 15 is 0 Å². The SMILES string of the molecule is Cc1n[nH]c(C)c1C(C)C(=O)N1Cc2ccccc2C2(CCC2)C1. The number of aromatic nitrogens is 2. The maximum Gasteiger partial charge on any atom is 0.230 e. The summed E-state index contributed by atoms with van der Waals surface area (Å²) in [4.78, 5) is 15.3. The van der Waals surface area contributed by atoms with Crippen LogP contribution < -0.4 is 0 Å². The molecule has 2 aromatic rings. The number of nitrogens with one attached hydrogen (secondary N) is 1. The lowest BCUT2D eigenvalue weighted by Crippen LogP contribution is -2.52. The van der Waals surface area contributed by atoms with Crippen LogP contribution in [-0.4, -0.2) is 27.5 Å². The maximum absolute atomic E-state index is 13.2. The Morgan fingerprint density at radius 2 is 2.04 bits per heavy atom. The van der Waals surface area contributed by atoms with Crippen molar-refractivity contribution in [3.05, 3.63) is 52.3 Å². The number of nitrogens with zero attached hydrogens (tertiary/aromatic N) is 2. The van der Waals surface area contributed by atoms with Gasteiger partial charge in [0.25, 0.3) is 0 Å². The monoisotopic (exact) mass is 323 g/mol. The third kappa shape index (κ3) is 2.20. The van der Waals surface area contributed by atoms with Crippen LogP contribution in [-0.2, 0) is 16.8 Å². The summed E-state index contributed by atoms with van der Waals surface area (Å²) >= 11 is 0. The van der Waals surface area contributed by atoms with Crippen LogP contribution in [0.4, 0.5) is 0 Å². The van der Waals surface area contributed by atoms with Crippen molar-refractivity contribution in [2.45, 2.75) is 57.9 Å². The van der Waals surface area contributed by atoms with Gasteiger partial charge >= 0.3 is 0 Å². The number of carbonyl (C=O) groups excluding carboxylic acids is 1. The molecule has 1 fully saturated rings. The molecular weight excluding hydrogens is 298 g/mol. The lowest BCUT2D eigenvalue weighted by molar-refractivity contribution is -0.135. The van der Waals surface area contributed by atoms with E-state index in [0.29, 0.717) is 0 Å². The van der Waals surface area contributed by atoms with Gasteiger partial charge < -0.3 is 4.90 Å². The first kappa shape index (κ1) is 15.4. The zero-order valence-corrected chi connectivity index (χ0v) is 14.7. The van der Waals surface area contributed by atoms with Gasteiger partial charge in [0.2, 0.25) is 5.91 Å². The Morgan fingerprint density at radius 3 is 2.67 bits per heavy atom. The first-order chi connectivity index (χ1) is 11.5. The standard InChI is InChI=1S/C20H25N3O/c1-13(18-14(2)21-22-15(18)3)19(24)23-11-16-7-4-5-8-17(16)20(12-23)9-6-10-20/h4-5,7-8,13H,6,9-12H2,1-3H3,(H,21,22). The average molecular weight is 323 g/mol. The van der Waals surface area contributed by atoms with E-state index < -0.39 is 0 Å². The molecule has 1 aliphatic carbocycles. The number of hydrogen-bond donors (Lipinski definition) is 1. The predicted octanol–water partition coefficient (Wildman–Crippen LogP) is 3.59. The number of benzene rings is 1.